The molecular weight excluding hydrogens is 338 g/mol. The summed E-state index contributed by atoms with van der Waals surface area (Å²) >= 11 is 3.22. The highest BCUT2D eigenvalue weighted by molar-refractivity contribution is 9.10. The Morgan fingerprint density at radius 1 is 0.905 bits per heavy atom. The van der Waals surface area contributed by atoms with Gasteiger partial charge in [-0.1, -0.05) is 29.3 Å². The summed E-state index contributed by atoms with van der Waals surface area (Å²) < 4.78 is 0.520. The van der Waals surface area contributed by atoms with Gasteiger partial charge < -0.3 is 4.84 Å². The number of benzene rings is 2. The van der Waals surface area contributed by atoms with E-state index in [0.29, 0.717) is 9.54 Å². The molecule has 1 aliphatic heterocycles. The maximum absolute atomic E-state index is 12.1. The maximum atomic E-state index is 12.1. The van der Waals surface area contributed by atoms with E-state index in [0.717, 1.165) is 0 Å². The van der Waals surface area contributed by atoms with Gasteiger partial charge in [-0.3, -0.25) is 9.59 Å². The van der Waals surface area contributed by atoms with Gasteiger partial charge in [0.15, 0.2) is 0 Å². The van der Waals surface area contributed by atoms with Crippen LogP contribution in [0.1, 0.15) is 31.1 Å². The molecule has 21 heavy (non-hydrogen) atoms. The number of imide groups is 1. The molecule has 0 unspecified atom stereocenters. The SMILES string of the molecule is O=C(ON1C(=O)c2ccccc2C1=O)c1ccccc1Br. The summed E-state index contributed by atoms with van der Waals surface area (Å²) in [5, 5.41) is 0.492. The second-order valence-corrected chi connectivity index (χ2v) is 5.16. The Morgan fingerprint density at radius 2 is 1.43 bits per heavy atom. The van der Waals surface area contributed by atoms with Crippen LogP contribution in [0.15, 0.2) is 53.0 Å². The summed E-state index contributed by atoms with van der Waals surface area (Å²) in [6.07, 6.45) is 0. The Kier molecular flexibility index (Phi) is 3.31. The molecule has 0 radical (unpaired) electrons. The Labute approximate surface area is 128 Å². The Balaban J connectivity index is 1.88. The third-order valence-corrected chi connectivity index (χ3v) is 3.72. The number of nitrogens with zero attached hydrogens (tertiary/aromatic N) is 1. The van der Waals surface area contributed by atoms with Crippen molar-refractivity contribution in [3.63, 3.8) is 0 Å². The molecule has 2 aromatic rings. The van der Waals surface area contributed by atoms with Crippen molar-refractivity contribution in [3.05, 3.63) is 69.7 Å². The van der Waals surface area contributed by atoms with E-state index in [2.05, 4.69) is 15.9 Å². The summed E-state index contributed by atoms with van der Waals surface area (Å²) in [6, 6.07) is 12.9. The second kappa shape index (κ2) is 5.14. The average Bonchev–Trinajstić information content (AvgIpc) is 2.73. The molecule has 0 fully saturated rings. The van der Waals surface area contributed by atoms with E-state index in [-0.39, 0.29) is 16.7 Å². The Bertz CT molecular complexity index is 737. The van der Waals surface area contributed by atoms with E-state index in [9.17, 15) is 14.4 Å². The average molecular weight is 346 g/mol. The number of rotatable bonds is 2. The van der Waals surface area contributed by atoms with Crippen LogP contribution >= 0.6 is 15.9 Å². The molecule has 1 heterocycles. The molecular formula is C15H8BrNO4. The third kappa shape index (κ3) is 2.23. The summed E-state index contributed by atoms with van der Waals surface area (Å²) in [4.78, 5) is 41.2. The van der Waals surface area contributed by atoms with Crippen LogP contribution in [0.25, 0.3) is 0 Å². The second-order valence-electron chi connectivity index (χ2n) is 4.31. The fourth-order valence-electron chi connectivity index (χ4n) is 2.01. The molecule has 0 atom stereocenters. The molecule has 2 amide bonds. The van der Waals surface area contributed by atoms with E-state index in [1.54, 1.807) is 30.3 Å². The largest absolute Gasteiger partial charge is 0.365 e. The molecule has 0 saturated heterocycles. The zero-order chi connectivity index (χ0) is 15.0. The summed E-state index contributed by atoms with van der Waals surface area (Å²) in [7, 11) is 0. The topological polar surface area (TPSA) is 63.7 Å². The van der Waals surface area contributed by atoms with E-state index in [1.165, 1.54) is 18.2 Å². The van der Waals surface area contributed by atoms with Gasteiger partial charge in [-0.2, -0.15) is 0 Å². The number of halogens is 1. The highest BCUT2D eigenvalue weighted by Gasteiger charge is 2.38. The van der Waals surface area contributed by atoms with Crippen molar-refractivity contribution in [1.29, 1.82) is 0 Å². The first-order chi connectivity index (χ1) is 10.1. The highest BCUT2D eigenvalue weighted by Crippen LogP contribution is 2.24. The van der Waals surface area contributed by atoms with Gasteiger partial charge in [-0.05, 0) is 40.2 Å². The lowest BCUT2D eigenvalue weighted by molar-refractivity contribution is -0.0585. The quantitative estimate of drug-likeness (QED) is 0.785. The first-order valence-electron chi connectivity index (χ1n) is 6.04. The number of carbonyl (C=O) groups excluding carboxylic acids is 3. The summed E-state index contributed by atoms with van der Waals surface area (Å²) in [6.45, 7) is 0. The van der Waals surface area contributed by atoms with Crippen LogP contribution in [0, 0.1) is 0 Å². The van der Waals surface area contributed by atoms with Crippen molar-refractivity contribution >= 4 is 33.7 Å². The number of hydrogen-bond acceptors (Lipinski definition) is 4. The van der Waals surface area contributed by atoms with Crippen LogP contribution in [0.3, 0.4) is 0 Å². The van der Waals surface area contributed by atoms with Crippen molar-refractivity contribution in [2.75, 3.05) is 0 Å². The number of fused-ring (bicyclic) bond motifs is 1. The molecule has 1 aliphatic rings. The lowest BCUT2D eigenvalue weighted by Crippen LogP contribution is -2.32. The minimum Gasteiger partial charge on any atom is -0.324 e. The molecule has 0 N–H and O–H groups in total. The molecule has 0 bridgehead atoms. The van der Waals surface area contributed by atoms with Crippen molar-refractivity contribution < 1.29 is 19.2 Å². The zero-order valence-electron chi connectivity index (χ0n) is 10.6. The first kappa shape index (κ1) is 13.5. The molecule has 6 heteroatoms. The number of hydrogen-bond donors (Lipinski definition) is 0. The predicted octanol–water partition coefficient (Wildman–Crippen LogP) is 2.82. The standard InChI is InChI=1S/C15H8BrNO4/c16-12-8-4-3-7-11(12)15(20)21-17-13(18)9-5-1-2-6-10(9)14(17)19/h1-8H. The van der Waals surface area contributed by atoms with Crippen molar-refractivity contribution in [2.45, 2.75) is 0 Å². The van der Waals surface area contributed by atoms with Crippen LogP contribution < -0.4 is 0 Å². The highest BCUT2D eigenvalue weighted by atomic mass is 79.9. The zero-order valence-corrected chi connectivity index (χ0v) is 12.2. The van der Waals surface area contributed by atoms with Gasteiger partial charge >= 0.3 is 5.97 Å². The van der Waals surface area contributed by atoms with Gasteiger partial charge in [0.25, 0.3) is 11.8 Å². The van der Waals surface area contributed by atoms with E-state index < -0.39 is 17.8 Å². The normalized spacial score (nSPS) is 13.3. The summed E-state index contributed by atoms with van der Waals surface area (Å²) in [5.74, 6) is -2.07. The molecule has 0 aromatic heterocycles. The third-order valence-electron chi connectivity index (χ3n) is 3.02. The Hall–Kier alpha value is -2.47. The van der Waals surface area contributed by atoms with Gasteiger partial charge in [-0.15, -0.1) is 0 Å². The van der Waals surface area contributed by atoms with Crippen molar-refractivity contribution in [3.8, 4) is 0 Å². The number of amides is 2. The Morgan fingerprint density at radius 3 is 2.00 bits per heavy atom. The molecule has 0 saturated carbocycles. The van der Waals surface area contributed by atoms with Crippen LogP contribution in [0.2, 0.25) is 0 Å². The van der Waals surface area contributed by atoms with Crippen molar-refractivity contribution in [1.82, 2.24) is 5.06 Å². The first-order valence-corrected chi connectivity index (χ1v) is 6.83. The predicted molar refractivity (Wildman–Crippen MR) is 76.5 cm³/mol. The number of carbonyl (C=O) groups is 3. The van der Waals surface area contributed by atoms with E-state index in [1.807, 2.05) is 0 Å². The van der Waals surface area contributed by atoms with Gasteiger partial charge in [0.2, 0.25) is 0 Å². The minimum atomic E-state index is -0.781. The molecule has 0 spiro atoms. The van der Waals surface area contributed by atoms with Crippen LogP contribution in [0.4, 0.5) is 0 Å². The van der Waals surface area contributed by atoms with Crippen LogP contribution in [0.5, 0.6) is 0 Å². The summed E-state index contributed by atoms with van der Waals surface area (Å²) in [5.41, 5.74) is 0.680. The lowest BCUT2D eigenvalue weighted by atomic mass is 10.1. The molecule has 3 rings (SSSR count). The molecule has 5 nitrogen and oxygen atoms in total. The van der Waals surface area contributed by atoms with Crippen LogP contribution in [-0.4, -0.2) is 22.8 Å². The number of hydroxylamine groups is 2. The maximum Gasteiger partial charge on any atom is 0.365 e. The molecule has 0 aliphatic carbocycles. The fraction of sp³-hybridized carbons (Fsp3) is 0. The minimum absolute atomic E-state index is 0.224. The molecule has 2 aromatic carbocycles. The molecule has 104 valence electrons. The van der Waals surface area contributed by atoms with Gasteiger partial charge in [0.05, 0.1) is 16.7 Å². The van der Waals surface area contributed by atoms with Gasteiger partial charge in [0.1, 0.15) is 0 Å². The lowest BCUT2D eigenvalue weighted by Gasteiger charge is -2.13. The fourth-order valence-corrected chi connectivity index (χ4v) is 2.46. The van der Waals surface area contributed by atoms with Crippen molar-refractivity contribution in [2.24, 2.45) is 0 Å². The van der Waals surface area contributed by atoms with E-state index in [4.69, 9.17) is 4.84 Å². The monoisotopic (exact) mass is 345 g/mol. The van der Waals surface area contributed by atoms with E-state index >= 15 is 0 Å². The van der Waals surface area contributed by atoms with Gasteiger partial charge in [0, 0.05) is 4.47 Å². The smallest absolute Gasteiger partial charge is 0.324 e. The van der Waals surface area contributed by atoms with Crippen LogP contribution in [-0.2, 0) is 4.84 Å². The van der Waals surface area contributed by atoms with Gasteiger partial charge in [-0.25, -0.2) is 4.79 Å².